The lowest BCUT2D eigenvalue weighted by molar-refractivity contribution is -0.142. The summed E-state index contributed by atoms with van der Waals surface area (Å²) in [6, 6.07) is 6.71. The predicted octanol–water partition coefficient (Wildman–Crippen LogP) is 2.06. The molecule has 2 unspecified atom stereocenters. The van der Waals surface area contributed by atoms with Crippen molar-refractivity contribution in [3.05, 3.63) is 51.9 Å². The fraction of sp³-hybridized carbons (Fsp3) is 0.480. The Kier molecular flexibility index (Phi) is 7.16. The van der Waals surface area contributed by atoms with Crippen molar-refractivity contribution in [2.75, 3.05) is 13.2 Å². The Morgan fingerprint density at radius 2 is 2.15 bits per heavy atom. The largest absolute Gasteiger partial charge is 0.480 e. The molecule has 0 spiro atoms. The van der Waals surface area contributed by atoms with Crippen LogP contribution in [-0.4, -0.2) is 55.7 Å². The molecule has 1 aliphatic rings. The highest BCUT2D eigenvalue weighted by atomic mass is 16.5. The summed E-state index contributed by atoms with van der Waals surface area (Å²) in [6.07, 6.45) is 2.92. The number of hydrogen-bond donors (Lipinski definition) is 3. The number of aliphatic hydroxyl groups is 1. The molecule has 3 aromatic rings. The highest BCUT2D eigenvalue weighted by Gasteiger charge is 2.23. The SMILES string of the molecule is Cc1cc(-c2nc3cc(CNC(C(=O)O)C(C)O)ccc3n2C[C@H]2CCCOC2)cn(C)c1=O. The number of imidazole rings is 1. The van der Waals surface area contributed by atoms with Crippen LogP contribution in [0.3, 0.4) is 0 Å². The fourth-order valence-corrected chi connectivity index (χ4v) is 4.59. The summed E-state index contributed by atoms with van der Waals surface area (Å²) in [7, 11) is 1.74. The minimum absolute atomic E-state index is 0.0356. The molecule has 0 bridgehead atoms. The molecule has 0 saturated carbocycles. The highest BCUT2D eigenvalue weighted by Crippen LogP contribution is 2.28. The second-order valence-corrected chi connectivity index (χ2v) is 9.22. The summed E-state index contributed by atoms with van der Waals surface area (Å²) in [4.78, 5) is 28.6. The number of aryl methyl sites for hydroxylation is 2. The summed E-state index contributed by atoms with van der Waals surface area (Å²) in [5.74, 6) is 0.0708. The lowest BCUT2D eigenvalue weighted by atomic mass is 10.0. The quantitative estimate of drug-likeness (QED) is 0.463. The van der Waals surface area contributed by atoms with Gasteiger partial charge in [0.2, 0.25) is 0 Å². The van der Waals surface area contributed by atoms with E-state index in [1.54, 1.807) is 18.5 Å². The Balaban J connectivity index is 1.72. The van der Waals surface area contributed by atoms with Crippen molar-refractivity contribution in [2.45, 2.75) is 51.9 Å². The fourth-order valence-electron chi connectivity index (χ4n) is 4.59. The van der Waals surface area contributed by atoms with E-state index in [4.69, 9.17) is 9.72 Å². The number of nitrogens with one attached hydrogen (secondary N) is 1. The molecule has 0 radical (unpaired) electrons. The van der Waals surface area contributed by atoms with Crippen LogP contribution in [0, 0.1) is 12.8 Å². The Hall–Kier alpha value is -3.01. The first-order valence-corrected chi connectivity index (χ1v) is 11.6. The van der Waals surface area contributed by atoms with E-state index in [0.29, 0.717) is 18.1 Å². The maximum absolute atomic E-state index is 12.2. The van der Waals surface area contributed by atoms with E-state index in [1.807, 2.05) is 30.5 Å². The van der Waals surface area contributed by atoms with Gasteiger partial charge in [0.25, 0.3) is 5.56 Å². The van der Waals surface area contributed by atoms with Crippen molar-refractivity contribution in [3.8, 4) is 11.4 Å². The first-order valence-electron chi connectivity index (χ1n) is 11.6. The number of fused-ring (bicyclic) bond motifs is 1. The average molecular weight is 469 g/mol. The lowest BCUT2D eigenvalue weighted by Crippen LogP contribution is -2.44. The number of ether oxygens (including phenoxy) is 1. The molecule has 3 heterocycles. The molecule has 182 valence electrons. The Bertz CT molecular complexity index is 1210. The van der Waals surface area contributed by atoms with Crippen molar-refractivity contribution >= 4 is 17.0 Å². The highest BCUT2D eigenvalue weighted by molar-refractivity contribution is 5.81. The molecule has 3 N–H and O–H groups in total. The van der Waals surface area contributed by atoms with Crippen LogP contribution >= 0.6 is 0 Å². The molecule has 4 rings (SSSR count). The van der Waals surface area contributed by atoms with Crippen molar-refractivity contribution in [2.24, 2.45) is 13.0 Å². The van der Waals surface area contributed by atoms with E-state index in [1.165, 1.54) is 6.92 Å². The topological polar surface area (TPSA) is 119 Å². The molecule has 1 aliphatic heterocycles. The van der Waals surface area contributed by atoms with Gasteiger partial charge in [0.05, 0.1) is 23.7 Å². The third-order valence-electron chi connectivity index (χ3n) is 6.40. The van der Waals surface area contributed by atoms with Crippen molar-refractivity contribution in [3.63, 3.8) is 0 Å². The van der Waals surface area contributed by atoms with Gasteiger partial charge in [-0.05, 0) is 50.5 Å². The number of carbonyl (C=O) groups is 1. The van der Waals surface area contributed by atoms with Gasteiger partial charge in [-0.2, -0.15) is 0 Å². The molecule has 2 aromatic heterocycles. The van der Waals surface area contributed by atoms with Crippen LogP contribution in [0.25, 0.3) is 22.4 Å². The van der Waals surface area contributed by atoms with E-state index >= 15 is 0 Å². The maximum atomic E-state index is 12.2. The Morgan fingerprint density at radius 1 is 1.35 bits per heavy atom. The number of carboxylic acids is 1. The van der Waals surface area contributed by atoms with Gasteiger partial charge in [0.15, 0.2) is 0 Å². The number of hydrogen-bond acceptors (Lipinski definition) is 6. The van der Waals surface area contributed by atoms with E-state index < -0.39 is 18.1 Å². The van der Waals surface area contributed by atoms with Gasteiger partial charge >= 0.3 is 5.97 Å². The van der Waals surface area contributed by atoms with Crippen LogP contribution in [0.2, 0.25) is 0 Å². The zero-order chi connectivity index (χ0) is 24.4. The molecule has 9 heteroatoms. The van der Waals surface area contributed by atoms with Crippen LogP contribution in [0.1, 0.15) is 30.9 Å². The minimum Gasteiger partial charge on any atom is -0.480 e. The van der Waals surface area contributed by atoms with Gasteiger partial charge in [-0.3, -0.25) is 14.9 Å². The Labute approximate surface area is 198 Å². The van der Waals surface area contributed by atoms with Gasteiger partial charge in [-0.25, -0.2) is 4.98 Å². The van der Waals surface area contributed by atoms with E-state index in [9.17, 15) is 19.8 Å². The number of aliphatic hydroxyl groups excluding tert-OH is 1. The van der Waals surface area contributed by atoms with Crippen LogP contribution in [0.4, 0.5) is 0 Å². The molecule has 0 amide bonds. The molecule has 1 aromatic carbocycles. The summed E-state index contributed by atoms with van der Waals surface area (Å²) in [5.41, 5.74) is 4.12. The summed E-state index contributed by atoms with van der Waals surface area (Å²) < 4.78 is 9.47. The van der Waals surface area contributed by atoms with Crippen molar-refractivity contribution < 1.29 is 19.7 Å². The van der Waals surface area contributed by atoms with E-state index in [2.05, 4.69) is 9.88 Å². The molecule has 34 heavy (non-hydrogen) atoms. The van der Waals surface area contributed by atoms with Gasteiger partial charge in [0, 0.05) is 50.0 Å². The smallest absolute Gasteiger partial charge is 0.323 e. The average Bonchev–Trinajstić information content (AvgIpc) is 3.15. The standard InChI is InChI=1S/C25H32N4O5/c1-15-9-19(13-28(3)24(15)31)23-27-20-10-17(11-26-22(16(2)30)25(32)33)6-7-21(20)29(23)12-18-5-4-8-34-14-18/h6-7,9-10,13,16,18,22,26,30H,4-5,8,11-12,14H2,1-3H3,(H,32,33)/t16?,18-,22?/m1/s1. The maximum Gasteiger partial charge on any atom is 0.323 e. The molecular formula is C25H32N4O5. The monoisotopic (exact) mass is 468 g/mol. The first-order chi connectivity index (χ1) is 16.2. The summed E-state index contributed by atoms with van der Waals surface area (Å²) >= 11 is 0. The molecule has 3 atom stereocenters. The summed E-state index contributed by atoms with van der Waals surface area (Å²) in [5, 5.41) is 21.9. The molecule has 9 nitrogen and oxygen atoms in total. The predicted molar refractivity (Wildman–Crippen MR) is 129 cm³/mol. The third kappa shape index (κ3) is 5.06. The van der Waals surface area contributed by atoms with Crippen LogP contribution in [0.5, 0.6) is 0 Å². The van der Waals surface area contributed by atoms with Crippen molar-refractivity contribution in [1.82, 2.24) is 19.4 Å². The lowest BCUT2D eigenvalue weighted by Gasteiger charge is -2.23. The first kappa shape index (κ1) is 24.1. The molecule has 0 aliphatic carbocycles. The van der Waals surface area contributed by atoms with Gasteiger partial charge in [-0.1, -0.05) is 6.07 Å². The normalized spacial score (nSPS) is 18.2. The van der Waals surface area contributed by atoms with Crippen molar-refractivity contribution in [1.29, 1.82) is 0 Å². The minimum atomic E-state index is -1.09. The molecular weight excluding hydrogens is 436 g/mol. The number of carboxylic acid groups (broad SMARTS) is 1. The second-order valence-electron chi connectivity index (χ2n) is 9.22. The zero-order valence-electron chi connectivity index (χ0n) is 19.8. The van der Waals surface area contributed by atoms with Gasteiger partial charge < -0.3 is 24.1 Å². The number of aromatic nitrogens is 3. The van der Waals surface area contributed by atoms with Crippen LogP contribution < -0.4 is 10.9 Å². The third-order valence-corrected chi connectivity index (χ3v) is 6.40. The Morgan fingerprint density at radius 3 is 2.79 bits per heavy atom. The number of aliphatic carboxylic acids is 1. The molecule has 1 fully saturated rings. The zero-order valence-corrected chi connectivity index (χ0v) is 19.8. The van der Waals surface area contributed by atoms with Gasteiger partial charge in [0.1, 0.15) is 11.9 Å². The van der Waals surface area contributed by atoms with E-state index in [-0.39, 0.29) is 12.1 Å². The molecule has 1 saturated heterocycles. The second kappa shape index (κ2) is 10.1. The van der Waals surface area contributed by atoms with Gasteiger partial charge in [-0.15, -0.1) is 0 Å². The number of pyridine rings is 1. The number of benzene rings is 1. The van der Waals surface area contributed by atoms with Crippen LogP contribution in [0.15, 0.2) is 35.3 Å². The van der Waals surface area contributed by atoms with E-state index in [0.717, 1.165) is 54.0 Å². The number of rotatable bonds is 8. The van der Waals surface area contributed by atoms with Crippen LogP contribution in [-0.2, 0) is 29.7 Å². The summed E-state index contributed by atoms with van der Waals surface area (Å²) in [6.45, 7) is 5.81. The number of nitrogens with zero attached hydrogens (tertiary/aromatic N) is 3.